The van der Waals surface area contributed by atoms with E-state index in [9.17, 15) is 13.2 Å². The molecule has 0 fully saturated rings. The molecule has 0 N–H and O–H groups in total. The molecule has 96 valence electrons. The van der Waals surface area contributed by atoms with Gasteiger partial charge in [0.15, 0.2) is 9.84 Å². The van der Waals surface area contributed by atoms with Crippen LogP contribution in [0.15, 0.2) is 29.2 Å². The highest BCUT2D eigenvalue weighted by Crippen LogP contribution is 2.12. The number of carbonyl (C=O) groups is 1. The average molecular weight is 266 g/mol. The predicted octanol–water partition coefficient (Wildman–Crippen LogP) is 1.07. The van der Waals surface area contributed by atoms with E-state index in [1.165, 1.54) is 36.2 Å². The SMILES string of the molecule is CC(C#N)N(C)C(=O)c1ccc(S(C)(=O)=O)cc1. The van der Waals surface area contributed by atoms with E-state index in [2.05, 4.69) is 0 Å². The van der Waals surface area contributed by atoms with Crippen LogP contribution in [0.1, 0.15) is 17.3 Å². The Morgan fingerprint density at radius 1 is 1.33 bits per heavy atom. The number of amides is 1. The Morgan fingerprint density at radius 3 is 2.22 bits per heavy atom. The second-order valence-electron chi connectivity index (χ2n) is 4.02. The number of hydrogen-bond acceptors (Lipinski definition) is 4. The Labute approximate surface area is 107 Å². The molecule has 0 saturated carbocycles. The van der Waals surface area contributed by atoms with E-state index in [1.54, 1.807) is 6.92 Å². The summed E-state index contributed by atoms with van der Waals surface area (Å²) in [5.74, 6) is -0.316. The molecule has 0 saturated heterocycles. The van der Waals surface area contributed by atoms with Gasteiger partial charge in [-0.2, -0.15) is 5.26 Å². The topological polar surface area (TPSA) is 78.2 Å². The number of sulfone groups is 1. The Bertz CT molecular complexity index is 585. The minimum Gasteiger partial charge on any atom is -0.326 e. The van der Waals surface area contributed by atoms with Gasteiger partial charge in [-0.3, -0.25) is 4.79 Å². The molecular formula is C12H14N2O3S. The normalized spacial score (nSPS) is 12.6. The summed E-state index contributed by atoms with van der Waals surface area (Å²) in [6, 6.07) is 7.08. The maximum atomic E-state index is 11.9. The van der Waals surface area contributed by atoms with Crippen LogP contribution in [0.4, 0.5) is 0 Å². The molecule has 0 aliphatic carbocycles. The molecule has 5 nitrogen and oxygen atoms in total. The number of benzene rings is 1. The molecule has 18 heavy (non-hydrogen) atoms. The molecule has 1 aromatic rings. The summed E-state index contributed by atoms with van der Waals surface area (Å²) < 4.78 is 22.5. The van der Waals surface area contributed by atoms with Crippen molar-refractivity contribution in [3.8, 4) is 6.07 Å². The first-order valence-electron chi connectivity index (χ1n) is 5.24. The van der Waals surface area contributed by atoms with Crippen LogP contribution in [0.25, 0.3) is 0 Å². The summed E-state index contributed by atoms with van der Waals surface area (Å²) in [7, 11) is -1.74. The highest BCUT2D eigenvalue weighted by Gasteiger charge is 2.17. The zero-order valence-corrected chi connectivity index (χ0v) is 11.2. The smallest absolute Gasteiger partial charge is 0.254 e. The summed E-state index contributed by atoms with van der Waals surface area (Å²) in [6.45, 7) is 1.61. The van der Waals surface area contributed by atoms with E-state index in [1.807, 2.05) is 6.07 Å². The third kappa shape index (κ3) is 3.08. The van der Waals surface area contributed by atoms with E-state index in [4.69, 9.17) is 5.26 Å². The van der Waals surface area contributed by atoms with Crippen molar-refractivity contribution in [2.75, 3.05) is 13.3 Å². The molecule has 0 radical (unpaired) electrons. The zero-order valence-electron chi connectivity index (χ0n) is 10.4. The fourth-order valence-electron chi connectivity index (χ4n) is 1.31. The van der Waals surface area contributed by atoms with Gasteiger partial charge in [0.1, 0.15) is 6.04 Å². The lowest BCUT2D eigenvalue weighted by Crippen LogP contribution is -2.34. The predicted molar refractivity (Wildman–Crippen MR) is 66.7 cm³/mol. The highest BCUT2D eigenvalue weighted by atomic mass is 32.2. The minimum absolute atomic E-state index is 0.162. The quantitative estimate of drug-likeness (QED) is 0.820. The van der Waals surface area contributed by atoms with Crippen LogP contribution in [0, 0.1) is 11.3 Å². The van der Waals surface area contributed by atoms with Crippen molar-refractivity contribution in [3.63, 3.8) is 0 Å². The van der Waals surface area contributed by atoms with Crippen molar-refractivity contribution in [3.05, 3.63) is 29.8 Å². The van der Waals surface area contributed by atoms with Crippen molar-refractivity contribution in [2.24, 2.45) is 0 Å². The van der Waals surface area contributed by atoms with Gasteiger partial charge in [0.05, 0.1) is 11.0 Å². The summed E-state index contributed by atoms with van der Waals surface area (Å²) >= 11 is 0. The van der Waals surface area contributed by atoms with Crippen molar-refractivity contribution < 1.29 is 13.2 Å². The van der Waals surface area contributed by atoms with Gasteiger partial charge in [-0.25, -0.2) is 8.42 Å². The summed E-state index contributed by atoms with van der Waals surface area (Å²) in [6.07, 6.45) is 1.10. The standard InChI is InChI=1S/C12H14N2O3S/c1-9(8-13)14(2)12(15)10-4-6-11(7-5-10)18(3,16)17/h4-7,9H,1-3H3. The molecule has 6 heteroatoms. The molecule has 0 aromatic heterocycles. The van der Waals surface area contributed by atoms with E-state index in [-0.39, 0.29) is 10.8 Å². The second-order valence-corrected chi connectivity index (χ2v) is 6.03. The molecule has 1 amide bonds. The van der Waals surface area contributed by atoms with Crippen molar-refractivity contribution in [1.29, 1.82) is 5.26 Å². The van der Waals surface area contributed by atoms with E-state index in [0.29, 0.717) is 5.56 Å². The molecule has 0 heterocycles. The summed E-state index contributed by atoms with van der Waals surface area (Å²) in [5, 5.41) is 8.73. The van der Waals surface area contributed by atoms with Crippen LogP contribution in [-0.4, -0.2) is 38.6 Å². The molecule has 1 rings (SSSR count). The fourth-order valence-corrected chi connectivity index (χ4v) is 1.94. The Kier molecular flexibility index (Phi) is 4.09. The van der Waals surface area contributed by atoms with Gasteiger partial charge in [0, 0.05) is 18.9 Å². The molecule has 1 aromatic carbocycles. The fraction of sp³-hybridized carbons (Fsp3) is 0.333. The number of hydrogen-bond donors (Lipinski definition) is 0. The van der Waals surface area contributed by atoms with Gasteiger partial charge in [0.25, 0.3) is 5.91 Å². The first kappa shape index (κ1) is 14.2. The van der Waals surface area contributed by atoms with Crippen LogP contribution in [0.5, 0.6) is 0 Å². The highest BCUT2D eigenvalue weighted by molar-refractivity contribution is 7.90. The largest absolute Gasteiger partial charge is 0.326 e. The number of nitrogens with zero attached hydrogens (tertiary/aromatic N) is 2. The van der Waals surface area contributed by atoms with E-state index in [0.717, 1.165) is 6.26 Å². The third-order valence-corrected chi connectivity index (χ3v) is 3.75. The molecule has 0 aliphatic heterocycles. The van der Waals surface area contributed by atoms with Crippen LogP contribution < -0.4 is 0 Å². The molecule has 1 unspecified atom stereocenters. The van der Waals surface area contributed by atoms with E-state index < -0.39 is 15.9 Å². The number of nitriles is 1. The molecule has 1 atom stereocenters. The Morgan fingerprint density at radius 2 is 1.83 bits per heavy atom. The molecule has 0 aliphatic rings. The lowest BCUT2D eigenvalue weighted by Gasteiger charge is -2.19. The summed E-state index contributed by atoms with van der Waals surface area (Å²) in [5.41, 5.74) is 0.354. The average Bonchev–Trinajstić information content (AvgIpc) is 2.35. The van der Waals surface area contributed by atoms with Gasteiger partial charge in [-0.05, 0) is 31.2 Å². The van der Waals surface area contributed by atoms with Gasteiger partial charge in [0.2, 0.25) is 0 Å². The second kappa shape index (κ2) is 5.19. The van der Waals surface area contributed by atoms with Gasteiger partial charge < -0.3 is 4.90 Å². The summed E-state index contributed by atoms with van der Waals surface area (Å²) in [4.78, 5) is 13.4. The minimum atomic E-state index is -3.26. The van der Waals surface area contributed by atoms with Crippen LogP contribution in [0.3, 0.4) is 0 Å². The maximum absolute atomic E-state index is 11.9. The van der Waals surface area contributed by atoms with Crippen LogP contribution in [-0.2, 0) is 9.84 Å². The Hall–Kier alpha value is -1.87. The first-order chi connectivity index (χ1) is 8.27. The Balaban J connectivity index is 3.00. The number of rotatable bonds is 3. The zero-order chi connectivity index (χ0) is 13.9. The van der Waals surface area contributed by atoms with Crippen LogP contribution >= 0.6 is 0 Å². The molecule has 0 spiro atoms. The third-order valence-electron chi connectivity index (χ3n) is 2.62. The van der Waals surface area contributed by atoms with Crippen molar-refractivity contribution in [1.82, 2.24) is 4.90 Å². The molecule has 0 bridgehead atoms. The molecular weight excluding hydrogens is 252 g/mol. The van der Waals surface area contributed by atoms with Gasteiger partial charge in [-0.1, -0.05) is 0 Å². The van der Waals surface area contributed by atoms with Crippen molar-refractivity contribution >= 4 is 15.7 Å². The lowest BCUT2D eigenvalue weighted by molar-refractivity contribution is 0.0773. The number of carbonyl (C=O) groups excluding carboxylic acids is 1. The van der Waals surface area contributed by atoms with Crippen molar-refractivity contribution in [2.45, 2.75) is 17.9 Å². The van der Waals surface area contributed by atoms with E-state index >= 15 is 0 Å². The monoisotopic (exact) mass is 266 g/mol. The van der Waals surface area contributed by atoms with Crippen LogP contribution in [0.2, 0.25) is 0 Å². The van der Waals surface area contributed by atoms with Gasteiger partial charge >= 0.3 is 0 Å². The first-order valence-corrected chi connectivity index (χ1v) is 7.13. The van der Waals surface area contributed by atoms with Gasteiger partial charge in [-0.15, -0.1) is 0 Å². The lowest BCUT2D eigenvalue weighted by atomic mass is 10.2. The maximum Gasteiger partial charge on any atom is 0.254 e.